The molecular formula is H27N2P7V7. The molecule has 0 fully saturated rings. The third-order valence-corrected chi connectivity index (χ3v) is 0. The van der Waals surface area contributed by atoms with Gasteiger partial charge in [0.1, 0.15) is 0 Å². The van der Waals surface area contributed by atoms with Crippen LogP contribution in [0.15, 0.2) is 0 Å². The van der Waals surface area contributed by atoms with Crippen LogP contribution in [0.4, 0.5) is 0 Å². The second-order valence-corrected chi connectivity index (χ2v) is 0. The predicted molar refractivity (Wildman–Crippen MR) is 87.8 cm³/mol. The van der Waals surface area contributed by atoms with Gasteiger partial charge < -0.3 is 12.3 Å². The Balaban J connectivity index is 0. The van der Waals surface area contributed by atoms with Crippen molar-refractivity contribution in [2.24, 2.45) is 0 Å². The molecule has 0 saturated carbocycles. The summed E-state index contributed by atoms with van der Waals surface area (Å²) in [6.07, 6.45) is 0. The van der Waals surface area contributed by atoms with Gasteiger partial charge in [0.2, 0.25) is 0 Å². The van der Waals surface area contributed by atoms with Gasteiger partial charge in [-0.15, -0.1) is 0 Å². The molecule has 107 valence electrons. The quantitative estimate of drug-likeness (QED) is 0.389. The van der Waals surface area contributed by atoms with E-state index in [9.17, 15) is 0 Å². The molecule has 0 spiro atoms. The van der Waals surface area contributed by atoms with Crippen LogP contribution in [0.5, 0.6) is 0 Å². The molecule has 2 nitrogen and oxygen atoms in total. The van der Waals surface area contributed by atoms with Crippen molar-refractivity contribution in [3.8, 4) is 0 Å². The van der Waals surface area contributed by atoms with E-state index in [1.165, 1.54) is 0 Å². The summed E-state index contributed by atoms with van der Waals surface area (Å²) in [5.74, 6) is 0. The first-order chi connectivity index (χ1) is 0. The van der Waals surface area contributed by atoms with Gasteiger partial charge >= 0.3 is 0 Å². The SMILES string of the molecule is N.N.P.P.P.P.P.P.P.[V].[V].[V].[V].[V].[V].[V]. The zero-order chi connectivity index (χ0) is 0. The van der Waals surface area contributed by atoms with Gasteiger partial charge in [-0.3, -0.25) is 0 Å². The van der Waals surface area contributed by atoms with E-state index >= 15 is 0 Å². The Morgan fingerprint density at radius 1 is 0.188 bits per heavy atom. The van der Waals surface area contributed by atoms with Crippen molar-refractivity contribution in [1.82, 2.24) is 12.3 Å². The zero-order valence-corrected chi connectivity index (χ0v) is 29.2. The van der Waals surface area contributed by atoms with Gasteiger partial charge in [0, 0.05) is 130 Å². The minimum Gasteiger partial charge on any atom is -0.344 e. The van der Waals surface area contributed by atoms with Gasteiger partial charge in [0.05, 0.1) is 0 Å². The summed E-state index contributed by atoms with van der Waals surface area (Å²) in [6.45, 7) is 0. The number of hydrogen-bond acceptors (Lipinski definition) is 2. The first kappa shape index (κ1) is 226. The molecule has 6 N–H and O–H groups in total. The summed E-state index contributed by atoms with van der Waals surface area (Å²) in [5.41, 5.74) is 0. The molecule has 0 aromatic heterocycles. The second-order valence-electron chi connectivity index (χ2n) is 0. The molecule has 0 amide bonds. The fourth-order valence-electron chi connectivity index (χ4n) is 0. The van der Waals surface area contributed by atoms with Crippen LogP contribution in [-0.2, 0) is 130 Å². The second kappa shape index (κ2) is 197. The maximum Gasteiger partial charge on any atom is 0 e. The predicted octanol–water partition coefficient (Wildman–Crippen LogP) is 0.713. The van der Waals surface area contributed by atoms with Crippen molar-refractivity contribution >= 4 is 69.3 Å². The summed E-state index contributed by atoms with van der Waals surface area (Å²) in [6, 6.07) is 0. The molecular weight excluding hydrogens is 601 g/mol. The van der Waals surface area contributed by atoms with E-state index in [2.05, 4.69) is 0 Å². The summed E-state index contributed by atoms with van der Waals surface area (Å²) in [7, 11) is 0. The molecule has 16 heavy (non-hydrogen) atoms. The molecule has 7 atom stereocenters. The average Bonchev–Trinajstić information content (AvgIpc) is 0. The van der Waals surface area contributed by atoms with Crippen LogP contribution in [0.1, 0.15) is 0 Å². The molecule has 0 bridgehead atoms. The third-order valence-electron chi connectivity index (χ3n) is 0. The van der Waals surface area contributed by atoms with Crippen LogP contribution in [0, 0.1) is 0 Å². The molecule has 7 unspecified atom stereocenters. The maximum atomic E-state index is 0. The molecule has 0 rings (SSSR count). The molecule has 0 aromatic carbocycles. The standard InChI is InChI=1S/2H3N.7H3P.7V/h9*1H3;;;;;;;. The Bertz CT molecular complexity index is 22.7. The van der Waals surface area contributed by atoms with E-state index in [0.29, 0.717) is 0 Å². The van der Waals surface area contributed by atoms with E-state index < -0.39 is 0 Å². The third kappa shape index (κ3) is 171. The Labute approximate surface area is 208 Å². The number of rotatable bonds is 0. The molecule has 0 heterocycles. The van der Waals surface area contributed by atoms with Crippen LogP contribution in [0.2, 0.25) is 0 Å². The van der Waals surface area contributed by atoms with Gasteiger partial charge in [0.15, 0.2) is 0 Å². The van der Waals surface area contributed by atoms with Crippen LogP contribution < -0.4 is 12.3 Å². The first-order valence-corrected chi connectivity index (χ1v) is 0. The van der Waals surface area contributed by atoms with Gasteiger partial charge in [-0.1, -0.05) is 0 Å². The van der Waals surface area contributed by atoms with Crippen LogP contribution in [-0.4, -0.2) is 0 Å². The molecule has 7 radical (unpaired) electrons. The van der Waals surface area contributed by atoms with E-state index in [-0.39, 0.29) is 211 Å². The Kier molecular flexibility index (Phi) is 2790. The Morgan fingerprint density at radius 3 is 0.188 bits per heavy atom. The van der Waals surface area contributed by atoms with Crippen molar-refractivity contribution < 1.29 is 130 Å². The Hall–Kier alpha value is 7.02. The van der Waals surface area contributed by atoms with Gasteiger partial charge in [-0.05, 0) is 0 Å². The normalized spacial score (nSPS) is 0. The van der Waals surface area contributed by atoms with E-state index in [1.807, 2.05) is 0 Å². The molecule has 0 saturated heterocycles. The fourth-order valence-corrected chi connectivity index (χ4v) is 0. The van der Waals surface area contributed by atoms with Crippen molar-refractivity contribution in [2.45, 2.75) is 0 Å². The van der Waals surface area contributed by atoms with Crippen LogP contribution >= 0.6 is 69.3 Å². The maximum absolute atomic E-state index is 0. The summed E-state index contributed by atoms with van der Waals surface area (Å²) in [4.78, 5) is 0. The monoisotopic (exact) mass is 629 g/mol. The van der Waals surface area contributed by atoms with Crippen LogP contribution in [0.25, 0.3) is 0 Å². The molecule has 16 heteroatoms. The Morgan fingerprint density at radius 2 is 0.188 bits per heavy atom. The average molecular weight is 629 g/mol. The molecule has 0 aliphatic carbocycles. The largest absolute Gasteiger partial charge is 0.344 e. The number of hydrogen-bond donors (Lipinski definition) is 2. The first-order valence-electron chi connectivity index (χ1n) is 0. The minimum atomic E-state index is 0. The molecule has 0 aliphatic rings. The fraction of sp³-hybridized carbons (Fsp3) is 0. The summed E-state index contributed by atoms with van der Waals surface area (Å²) < 4.78 is 0. The minimum absolute atomic E-state index is 0. The topological polar surface area (TPSA) is 70.0 Å². The van der Waals surface area contributed by atoms with Gasteiger partial charge in [-0.25, -0.2) is 0 Å². The summed E-state index contributed by atoms with van der Waals surface area (Å²) >= 11 is 0. The van der Waals surface area contributed by atoms with E-state index in [4.69, 9.17) is 0 Å². The van der Waals surface area contributed by atoms with Crippen molar-refractivity contribution in [2.75, 3.05) is 0 Å². The van der Waals surface area contributed by atoms with E-state index in [1.54, 1.807) is 0 Å². The van der Waals surface area contributed by atoms with Gasteiger partial charge in [0.25, 0.3) is 0 Å². The smallest absolute Gasteiger partial charge is 0 e. The van der Waals surface area contributed by atoms with Crippen molar-refractivity contribution in [1.29, 1.82) is 0 Å². The zero-order valence-electron chi connectivity index (χ0n) is 9.49. The van der Waals surface area contributed by atoms with Gasteiger partial charge in [-0.2, -0.15) is 69.3 Å². The molecule has 0 aliphatic heterocycles. The van der Waals surface area contributed by atoms with Crippen molar-refractivity contribution in [3.05, 3.63) is 0 Å². The van der Waals surface area contributed by atoms with Crippen molar-refractivity contribution in [3.63, 3.8) is 0 Å². The van der Waals surface area contributed by atoms with E-state index in [0.717, 1.165) is 0 Å². The summed E-state index contributed by atoms with van der Waals surface area (Å²) in [5, 5.41) is 0. The molecule has 0 aromatic rings. The van der Waals surface area contributed by atoms with Crippen LogP contribution in [0.3, 0.4) is 0 Å².